The second-order valence-corrected chi connectivity index (χ2v) is 5.91. The number of amides is 2. The van der Waals surface area contributed by atoms with Gasteiger partial charge in [-0.15, -0.1) is 0 Å². The Balaban J connectivity index is 1.63. The third kappa shape index (κ3) is 4.64. The summed E-state index contributed by atoms with van der Waals surface area (Å²) in [7, 11) is 0. The number of morpholine rings is 1. The zero-order chi connectivity index (χ0) is 19.4. The molecular formula is C17H18F3N5O2. The molecule has 0 bridgehead atoms. The largest absolute Gasteiger partial charge is 0.378 e. The highest BCUT2D eigenvalue weighted by Crippen LogP contribution is 2.19. The molecule has 27 heavy (non-hydrogen) atoms. The quantitative estimate of drug-likeness (QED) is 0.795. The van der Waals surface area contributed by atoms with Crippen LogP contribution in [0.4, 0.5) is 29.5 Å². The van der Waals surface area contributed by atoms with E-state index < -0.39 is 29.2 Å². The number of nitrogens with one attached hydrogen (secondary N) is 2. The highest BCUT2D eigenvalue weighted by atomic mass is 19.2. The van der Waals surface area contributed by atoms with Gasteiger partial charge in [0, 0.05) is 24.8 Å². The van der Waals surface area contributed by atoms with E-state index in [1.807, 2.05) is 13.0 Å². The van der Waals surface area contributed by atoms with E-state index in [1.54, 1.807) is 0 Å². The van der Waals surface area contributed by atoms with Gasteiger partial charge < -0.3 is 20.3 Å². The Bertz CT molecular complexity index is 844. The fourth-order valence-electron chi connectivity index (χ4n) is 2.59. The van der Waals surface area contributed by atoms with Gasteiger partial charge in [0.15, 0.2) is 17.5 Å². The van der Waals surface area contributed by atoms with E-state index in [2.05, 4.69) is 25.5 Å². The molecule has 2 amide bonds. The Labute approximate surface area is 153 Å². The lowest BCUT2D eigenvalue weighted by atomic mass is 10.3. The number of aromatic nitrogens is 2. The number of rotatable bonds is 4. The topological polar surface area (TPSA) is 79.4 Å². The Morgan fingerprint density at radius 3 is 2.67 bits per heavy atom. The van der Waals surface area contributed by atoms with Crippen molar-refractivity contribution in [1.82, 2.24) is 15.3 Å². The number of hydrogen-bond donors (Lipinski definition) is 2. The predicted molar refractivity (Wildman–Crippen MR) is 92.0 cm³/mol. The molecule has 0 unspecified atom stereocenters. The summed E-state index contributed by atoms with van der Waals surface area (Å²) >= 11 is 0. The minimum atomic E-state index is -1.65. The molecule has 10 heteroatoms. The van der Waals surface area contributed by atoms with Crippen molar-refractivity contribution in [3.05, 3.63) is 47.2 Å². The minimum absolute atomic E-state index is 0.0177. The number of aryl methyl sites for hydroxylation is 1. The number of carbonyl (C=O) groups excluding carboxylic acids is 1. The number of anilines is 2. The van der Waals surface area contributed by atoms with Crippen LogP contribution in [0, 0.1) is 24.4 Å². The molecule has 0 radical (unpaired) electrons. The molecule has 7 nitrogen and oxygen atoms in total. The van der Waals surface area contributed by atoms with E-state index in [-0.39, 0.29) is 6.54 Å². The lowest BCUT2D eigenvalue weighted by Crippen LogP contribution is -2.37. The third-order valence-electron chi connectivity index (χ3n) is 3.91. The van der Waals surface area contributed by atoms with E-state index in [0.29, 0.717) is 32.1 Å². The maximum Gasteiger partial charge on any atom is 0.319 e. The molecule has 2 N–H and O–H groups in total. The van der Waals surface area contributed by atoms with Gasteiger partial charge >= 0.3 is 6.03 Å². The summed E-state index contributed by atoms with van der Waals surface area (Å²) in [5.74, 6) is -3.34. The zero-order valence-electron chi connectivity index (χ0n) is 14.6. The van der Waals surface area contributed by atoms with Crippen LogP contribution in [0.3, 0.4) is 0 Å². The molecular weight excluding hydrogens is 363 g/mol. The summed E-state index contributed by atoms with van der Waals surface area (Å²) in [4.78, 5) is 22.6. The predicted octanol–water partition coefficient (Wildman–Crippen LogP) is 2.36. The lowest BCUT2D eigenvalue weighted by molar-refractivity contribution is 0.122. The van der Waals surface area contributed by atoms with Crippen LogP contribution in [0.5, 0.6) is 0 Å². The van der Waals surface area contributed by atoms with Gasteiger partial charge in [-0.05, 0) is 19.1 Å². The van der Waals surface area contributed by atoms with Crippen molar-refractivity contribution in [2.75, 3.05) is 36.5 Å². The molecule has 1 saturated heterocycles. The van der Waals surface area contributed by atoms with Crippen LogP contribution >= 0.6 is 0 Å². The molecule has 2 aromatic rings. The standard InChI is InChI=1S/C17H18F3N5O2/c1-10-8-14(25-4-6-27-7-5-25)24-13(22-10)9-21-17(26)23-12-3-2-11(18)15(19)16(12)20/h2-3,8H,4-7,9H2,1H3,(H2,21,23,26). The Hall–Kier alpha value is -2.88. The summed E-state index contributed by atoms with van der Waals surface area (Å²) in [6.07, 6.45) is 0. The van der Waals surface area contributed by atoms with Crippen LogP contribution < -0.4 is 15.5 Å². The van der Waals surface area contributed by atoms with Gasteiger partial charge in [0.05, 0.1) is 25.4 Å². The summed E-state index contributed by atoms with van der Waals surface area (Å²) in [6.45, 7) is 4.43. The number of urea groups is 1. The van der Waals surface area contributed by atoms with Gasteiger partial charge in [-0.25, -0.2) is 27.9 Å². The summed E-state index contributed by atoms with van der Waals surface area (Å²) in [5, 5.41) is 4.59. The molecule has 1 aliphatic rings. The molecule has 0 atom stereocenters. The van der Waals surface area contributed by atoms with Crippen LogP contribution in [0.25, 0.3) is 0 Å². The fraction of sp³-hybridized carbons (Fsp3) is 0.353. The summed E-state index contributed by atoms with van der Waals surface area (Å²) < 4.78 is 45.0. The monoisotopic (exact) mass is 381 g/mol. The average Bonchev–Trinajstić information content (AvgIpc) is 2.67. The number of benzene rings is 1. The highest BCUT2D eigenvalue weighted by molar-refractivity contribution is 5.89. The molecule has 1 fully saturated rings. The summed E-state index contributed by atoms with van der Waals surface area (Å²) in [6, 6.07) is 2.71. The SMILES string of the molecule is Cc1cc(N2CCOCC2)nc(CNC(=O)Nc2ccc(F)c(F)c2F)n1. The number of nitrogens with zero attached hydrogens (tertiary/aromatic N) is 3. The molecule has 2 heterocycles. The molecule has 0 aliphatic carbocycles. The van der Waals surface area contributed by atoms with Crippen molar-refractivity contribution in [1.29, 1.82) is 0 Å². The van der Waals surface area contributed by atoms with Crippen molar-refractivity contribution < 1.29 is 22.7 Å². The Morgan fingerprint density at radius 1 is 1.19 bits per heavy atom. The van der Waals surface area contributed by atoms with E-state index in [0.717, 1.165) is 23.6 Å². The maximum atomic E-state index is 13.6. The second-order valence-electron chi connectivity index (χ2n) is 5.91. The van der Waals surface area contributed by atoms with Gasteiger partial charge in [-0.3, -0.25) is 0 Å². The minimum Gasteiger partial charge on any atom is -0.378 e. The Kier molecular flexibility index (Phi) is 5.75. The van der Waals surface area contributed by atoms with Crippen molar-refractivity contribution in [2.45, 2.75) is 13.5 Å². The number of carbonyl (C=O) groups is 1. The molecule has 0 spiro atoms. The first-order chi connectivity index (χ1) is 12.9. The van der Waals surface area contributed by atoms with Gasteiger partial charge in [0.2, 0.25) is 0 Å². The van der Waals surface area contributed by atoms with E-state index in [9.17, 15) is 18.0 Å². The van der Waals surface area contributed by atoms with Crippen LogP contribution in [-0.2, 0) is 11.3 Å². The van der Waals surface area contributed by atoms with Crippen molar-refractivity contribution in [2.24, 2.45) is 0 Å². The van der Waals surface area contributed by atoms with Crippen molar-refractivity contribution in [3.63, 3.8) is 0 Å². The molecule has 0 saturated carbocycles. The smallest absolute Gasteiger partial charge is 0.319 e. The normalized spacial score (nSPS) is 14.1. The van der Waals surface area contributed by atoms with Crippen molar-refractivity contribution in [3.8, 4) is 0 Å². The summed E-state index contributed by atoms with van der Waals surface area (Å²) in [5.41, 5.74) is 0.265. The lowest BCUT2D eigenvalue weighted by Gasteiger charge is -2.28. The van der Waals surface area contributed by atoms with Gasteiger partial charge in [0.25, 0.3) is 0 Å². The van der Waals surface area contributed by atoms with Crippen LogP contribution in [0.15, 0.2) is 18.2 Å². The Morgan fingerprint density at radius 2 is 1.93 bits per heavy atom. The van der Waals surface area contributed by atoms with Crippen LogP contribution in [0.2, 0.25) is 0 Å². The fourth-order valence-corrected chi connectivity index (χ4v) is 2.59. The first kappa shape index (κ1) is 18.9. The molecule has 3 rings (SSSR count). The van der Waals surface area contributed by atoms with Gasteiger partial charge in [-0.2, -0.15) is 0 Å². The molecule has 1 aliphatic heterocycles. The molecule has 144 valence electrons. The van der Waals surface area contributed by atoms with E-state index >= 15 is 0 Å². The first-order valence-electron chi connectivity index (χ1n) is 8.29. The van der Waals surface area contributed by atoms with Crippen LogP contribution in [0.1, 0.15) is 11.5 Å². The highest BCUT2D eigenvalue weighted by Gasteiger charge is 2.16. The van der Waals surface area contributed by atoms with Crippen molar-refractivity contribution >= 4 is 17.5 Å². The molecule has 1 aromatic heterocycles. The average molecular weight is 381 g/mol. The number of hydrogen-bond acceptors (Lipinski definition) is 5. The van der Waals surface area contributed by atoms with E-state index in [1.165, 1.54) is 0 Å². The number of halogens is 3. The van der Waals surface area contributed by atoms with Crippen LogP contribution in [-0.4, -0.2) is 42.3 Å². The molecule has 1 aromatic carbocycles. The first-order valence-corrected chi connectivity index (χ1v) is 8.29. The third-order valence-corrected chi connectivity index (χ3v) is 3.91. The maximum absolute atomic E-state index is 13.6. The number of ether oxygens (including phenoxy) is 1. The van der Waals surface area contributed by atoms with Gasteiger partial charge in [0.1, 0.15) is 11.6 Å². The van der Waals surface area contributed by atoms with E-state index in [4.69, 9.17) is 4.74 Å². The zero-order valence-corrected chi connectivity index (χ0v) is 14.6. The second kappa shape index (κ2) is 8.21. The van der Waals surface area contributed by atoms with Gasteiger partial charge in [-0.1, -0.05) is 0 Å².